The summed E-state index contributed by atoms with van der Waals surface area (Å²) in [6.45, 7) is 7.07. The van der Waals surface area contributed by atoms with Crippen molar-refractivity contribution in [1.29, 1.82) is 0 Å². The molecule has 1 aliphatic rings. The highest BCUT2D eigenvalue weighted by Crippen LogP contribution is 2.33. The van der Waals surface area contributed by atoms with Crippen LogP contribution in [0, 0.1) is 11.8 Å². The van der Waals surface area contributed by atoms with Gasteiger partial charge < -0.3 is 10.1 Å². The molecule has 1 aromatic rings. The zero-order valence-electron chi connectivity index (χ0n) is 12.9. The number of rotatable bonds is 6. The van der Waals surface area contributed by atoms with E-state index in [0.29, 0.717) is 6.61 Å². The molecule has 1 N–H and O–H groups in total. The summed E-state index contributed by atoms with van der Waals surface area (Å²) >= 11 is 7.16. The zero-order valence-corrected chi connectivity index (χ0v) is 16.1. The lowest BCUT2D eigenvalue weighted by molar-refractivity contribution is 0.247. The molecular weight excluding hydrogens is 394 g/mol. The fourth-order valence-electron chi connectivity index (χ4n) is 3.14. The molecule has 21 heavy (non-hydrogen) atoms. The number of nitrogens with one attached hydrogen (secondary N) is 1. The van der Waals surface area contributed by atoms with E-state index >= 15 is 0 Å². The van der Waals surface area contributed by atoms with Gasteiger partial charge in [0.2, 0.25) is 0 Å². The van der Waals surface area contributed by atoms with Crippen LogP contribution in [0.25, 0.3) is 0 Å². The summed E-state index contributed by atoms with van der Waals surface area (Å²) < 4.78 is 7.88. The molecule has 0 amide bonds. The van der Waals surface area contributed by atoms with Gasteiger partial charge in [0.05, 0.1) is 11.1 Å². The molecule has 1 fully saturated rings. The van der Waals surface area contributed by atoms with Crippen molar-refractivity contribution in [3.8, 4) is 5.75 Å². The molecule has 4 heteroatoms. The van der Waals surface area contributed by atoms with Gasteiger partial charge in [0.1, 0.15) is 5.75 Å². The van der Waals surface area contributed by atoms with Crippen LogP contribution in [0.1, 0.15) is 45.1 Å². The third-order valence-corrected chi connectivity index (χ3v) is 5.43. The maximum Gasteiger partial charge on any atom is 0.138 e. The van der Waals surface area contributed by atoms with Gasteiger partial charge in [-0.15, -0.1) is 0 Å². The minimum atomic E-state index is 0.687. The number of halogens is 2. The molecule has 0 spiro atoms. The maximum atomic E-state index is 5.78. The standard InChI is InChI=1S/C17H25Br2NO/c1-3-21-17-14(8-15(18)9-16(17)19)11-20-10-13-7-5-4-6-12(13)2/h8-9,12-13,20H,3-7,10-11H2,1-2H3. The predicted molar refractivity (Wildman–Crippen MR) is 95.8 cm³/mol. The molecule has 1 saturated carbocycles. The van der Waals surface area contributed by atoms with Crippen LogP contribution in [0.5, 0.6) is 5.75 Å². The summed E-state index contributed by atoms with van der Waals surface area (Å²) in [7, 11) is 0. The van der Waals surface area contributed by atoms with E-state index in [1.54, 1.807) is 0 Å². The summed E-state index contributed by atoms with van der Waals surface area (Å²) in [6, 6.07) is 4.19. The Morgan fingerprint density at radius 1 is 1.24 bits per heavy atom. The van der Waals surface area contributed by atoms with Crippen LogP contribution in [-0.4, -0.2) is 13.2 Å². The van der Waals surface area contributed by atoms with Gasteiger partial charge in [0.15, 0.2) is 0 Å². The third-order valence-electron chi connectivity index (χ3n) is 4.39. The Balaban J connectivity index is 1.95. The molecule has 118 valence electrons. The van der Waals surface area contributed by atoms with Gasteiger partial charge in [-0.25, -0.2) is 0 Å². The highest BCUT2D eigenvalue weighted by Gasteiger charge is 2.20. The number of hydrogen-bond acceptors (Lipinski definition) is 2. The second-order valence-electron chi connectivity index (χ2n) is 5.96. The summed E-state index contributed by atoms with van der Waals surface area (Å²) in [5.41, 5.74) is 1.21. The Bertz CT molecular complexity index is 464. The molecule has 2 rings (SSSR count). The van der Waals surface area contributed by atoms with E-state index in [1.807, 2.05) is 13.0 Å². The van der Waals surface area contributed by atoms with Crippen LogP contribution in [-0.2, 0) is 6.54 Å². The van der Waals surface area contributed by atoms with Gasteiger partial charge in [-0.3, -0.25) is 0 Å². The summed E-state index contributed by atoms with van der Waals surface area (Å²) in [5, 5.41) is 3.63. The Kier molecular flexibility index (Phi) is 7.03. The van der Waals surface area contributed by atoms with Crippen molar-refractivity contribution in [2.75, 3.05) is 13.2 Å². The van der Waals surface area contributed by atoms with Crippen molar-refractivity contribution in [2.45, 2.75) is 46.1 Å². The molecular formula is C17H25Br2NO. The Labute approximate surface area is 145 Å². The van der Waals surface area contributed by atoms with E-state index in [-0.39, 0.29) is 0 Å². The van der Waals surface area contributed by atoms with Crippen LogP contribution in [0.3, 0.4) is 0 Å². The smallest absolute Gasteiger partial charge is 0.138 e. The summed E-state index contributed by atoms with van der Waals surface area (Å²) in [4.78, 5) is 0. The molecule has 0 bridgehead atoms. The minimum Gasteiger partial charge on any atom is -0.492 e. The van der Waals surface area contributed by atoms with Crippen LogP contribution in [0.2, 0.25) is 0 Å². The number of ether oxygens (including phenoxy) is 1. The lowest BCUT2D eigenvalue weighted by Crippen LogP contribution is -2.29. The lowest BCUT2D eigenvalue weighted by Gasteiger charge is -2.29. The second kappa shape index (κ2) is 8.54. The van der Waals surface area contributed by atoms with Gasteiger partial charge in [-0.1, -0.05) is 42.1 Å². The van der Waals surface area contributed by atoms with Crippen molar-refractivity contribution in [1.82, 2.24) is 5.32 Å². The first kappa shape index (κ1) is 17.3. The van der Waals surface area contributed by atoms with E-state index in [4.69, 9.17) is 4.74 Å². The van der Waals surface area contributed by atoms with Crippen molar-refractivity contribution in [3.05, 3.63) is 26.6 Å². The van der Waals surface area contributed by atoms with E-state index in [1.165, 1.54) is 31.2 Å². The molecule has 2 nitrogen and oxygen atoms in total. The molecule has 1 aliphatic carbocycles. The summed E-state index contributed by atoms with van der Waals surface area (Å²) in [6.07, 6.45) is 5.56. The van der Waals surface area contributed by atoms with Gasteiger partial charge in [0.25, 0.3) is 0 Å². The highest BCUT2D eigenvalue weighted by molar-refractivity contribution is 9.11. The van der Waals surface area contributed by atoms with Gasteiger partial charge >= 0.3 is 0 Å². The molecule has 2 atom stereocenters. The topological polar surface area (TPSA) is 21.3 Å². The predicted octanol–water partition coefficient (Wildman–Crippen LogP) is 5.53. The minimum absolute atomic E-state index is 0.687. The average molecular weight is 419 g/mol. The second-order valence-corrected chi connectivity index (χ2v) is 7.73. The average Bonchev–Trinajstić information content (AvgIpc) is 2.44. The van der Waals surface area contributed by atoms with Crippen molar-refractivity contribution < 1.29 is 4.74 Å². The monoisotopic (exact) mass is 417 g/mol. The van der Waals surface area contributed by atoms with E-state index in [0.717, 1.165) is 39.6 Å². The van der Waals surface area contributed by atoms with Crippen LogP contribution >= 0.6 is 31.9 Å². The first-order valence-corrected chi connectivity index (χ1v) is 9.51. The lowest BCUT2D eigenvalue weighted by atomic mass is 9.80. The molecule has 0 saturated heterocycles. The van der Waals surface area contributed by atoms with Crippen LogP contribution in [0.15, 0.2) is 21.1 Å². The van der Waals surface area contributed by atoms with Gasteiger partial charge in [0, 0.05) is 16.6 Å². The van der Waals surface area contributed by atoms with Crippen LogP contribution in [0.4, 0.5) is 0 Å². The number of hydrogen-bond donors (Lipinski definition) is 1. The molecule has 1 aromatic carbocycles. The maximum absolute atomic E-state index is 5.78. The fraction of sp³-hybridized carbons (Fsp3) is 0.647. The van der Waals surface area contributed by atoms with Crippen molar-refractivity contribution >= 4 is 31.9 Å². The van der Waals surface area contributed by atoms with E-state index in [9.17, 15) is 0 Å². The fourth-order valence-corrected chi connectivity index (χ4v) is 4.57. The SMILES string of the molecule is CCOc1c(Br)cc(Br)cc1CNCC1CCCCC1C. The van der Waals surface area contributed by atoms with Crippen molar-refractivity contribution in [2.24, 2.45) is 11.8 Å². The first-order chi connectivity index (χ1) is 10.1. The zero-order chi connectivity index (χ0) is 15.2. The van der Waals surface area contributed by atoms with Crippen molar-refractivity contribution in [3.63, 3.8) is 0 Å². The third kappa shape index (κ3) is 4.97. The quantitative estimate of drug-likeness (QED) is 0.655. The molecule has 0 aromatic heterocycles. The summed E-state index contributed by atoms with van der Waals surface area (Å²) in [5.74, 6) is 2.64. The first-order valence-electron chi connectivity index (χ1n) is 7.93. The van der Waals surface area contributed by atoms with Crippen LogP contribution < -0.4 is 10.1 Å². The largest absolute Gasteiger partial charge is 0.492 e. The van der Waals surface area contributed by atoms with E-state index in [2.05, 4.69) is 50.2 Å². The molecule has 0 heterocycles. The van der Waals surface area contributed by atoms with E-state index < -0.39 is 0 Å². The van der Waals surface area contributed by atoms with Gasteiger partial charge in [-0.05, 0) is 59.8 Å². The molecule has 0 radical (unpaired) electrons. The Morgan fingerprint density at radius 2 is 2.00 bits per heavy atom. The number of benzene rings is 1. The molecule has 0 aliphatic heterocycles. The normalized spacial score (nSPS) is 22.3. The molecule has 2 unspecified atom stereocenters. The Morgan fingerprint density at radius 3 is 2.71 bits per heavy atom. The highest BCUT2D eigenvalue weighted by atomic mass is 79.9. The Hall–Kier alpha value is -0.0600. The van der Waals surface area contributed by atoms with Gasteiger partial charge in [-0.2, -0.15) is 0 Å².